The van der Waals surface area contributed by atoms with E-state index in [1.54, 1.807) is 0 Å². The van der Waals surface area contributed by atoms with Crippen molar-refractivity contribution in [1.29, 1.82) is 0 Å². The Morgan fingerprint density at radius 1 is 1.29 bits per heavy atom. The van der Waals surface area contributed by atoms with Crippen LogP contribution >= 0.6 is 0 Å². The summed E-state index contributed by atoms with van der Waals surface area (Å²) in [7, 11) is 0. The molecule has 0 unspecified atom stereocenters. The lowest BCUT2D eigenvalue weighted by molar-refractivity contribution is 0.215. The van der Waals surface area contributed by atoms with Crippen molar-refractivity contribution < 1.29 is 4.74 Å². The molecule has 0 atom stereocenters. The number of fused-ring (bicyclic) bond motifs is 1. The molecule has 0 bridgehead atoms. The van der Waals surface area contributed by atoms with E-state index in [1.807, 2.05) is 24.4 Å². The zero-order valence-corrected chi connectivity index (χ0v) is 9.78. The maximum absolute atomic E-state index is 5.85. The molecule has 0 spiro atoms. The molecule has 2 aromatic rings. The van der Waals surface area contributed by atoms with Crippen molar-refractivity contribution in [2.24, 2.45) is 5.92 Å². The first-order valence-electron chi connectivity index (χ1n) is 6.18. The molecule has 1 aromatic carbocycles. The maximum Gasteiger partial charge on any atom is 0.120 e. The van der Waals surface area contributed by atoms with Crippen LogP contribution in [0.15, 0.2) is 24.4 Å². The fourth-order valence-electron chi connectivity index (χ4n) is 2.27. The van der Waals surface area contributed by atoms with E-state index in [1.165, 1.54) is 12.8 Å². The summed E-state index contributed by atoms with van der Waals surface area (Å²) in [6, 6.07) is 6.06. The Bertz CT molecular complexity index is 488. The molecule has 17 heavy (non-hydrogen) atoms. The van der Waals surface area contributed by atoms with E-state index in [2.05, 4.69) is 15.5 Å². The van der Waals surface area contributed by atoms with E-state index < -0.39 is 0 Å². The molecule has 1 aliphatic rings. The first-order valence-corrected chi connectivity index (χ1v) is 6.18. The molecular weight excluding hydrogens is 214 g/mol. The SMILES string of the molecule is c1cc2[nH]ncc2cc1OCC1CCNCC1. The summed E-state index contributed by atoms with van der Waals surface area (Å²) in [5.41, 5.74) is 1.05. The molecule has 1 saturated heterocycles. The Labute approximate surface area is 100 Å². The highest BCUT2D eigenvalue weighted by Crippen LogP contribution is 2.20. The van der Waals surface area contributed by atoms with E-state index in [9.17, 15) is 0 Å². The first kappa shape index (κ1) is 10.6. The molecule has 1 aromatic heterocycles. The molecular formula is C13H17N3O. The second-order valence-corrected chi connectivity index (χ2v) is 4.62. The fourth-order valence-corrected chi connectivity index (χ4v) is 2.27. The summed E-state index contributed by atoms with van der Waals surface area (Å²) < 4.78 is 5.85. The second-order valence-electron chi connectivity index (χ2n) is 4.62. The van der Waals surface area contributed by atoms with E-state index in [0.29, 0.717) is 5.92 Å². The number of ether oxygens (including phenoxy) is 1. The van der Waals surface area contributed by atoms with Crippen molar-refractivity contribution in [1.82, 2.24) is 15.5 Å². The van der Waals surface area contributed by atoms with Gasteiger partial charge in [0.05, 0.1) is 18.3 Å². The minimum absolute atomic E-state index is 0.691. The molecule has 0 amide bonds. The number of benzene rings is 1. The smallest absolute Gasteiger partial charge is 0.120 e. The molecule has 4 heteroatoms. The van der Waals surface area contributed by atoms with Gasteiger partial charge in [0.25, 0.3) is 0 Å². The van der Waals surface area contributed by atoms with Crippen LogP contribution in [-0.4, -0.2) is 29.9 Å². The van der Waals surface area contributed by atoms with Crippen LogP contribution in [0.5, 0.6) is 5.75 Å². The zero-order chi connectivity index (χ0) is 11.5. The van der Waals surface area contributed by atoms with E-state index >= 15 is 0 Å². The summed E-state index contributed by atoms with van der Waals surface area (Å²) >= 11 is 0. The predicted octanol–water partition coefficient (Wildman–Crippen LogP) is 1.94. The third-order valence-corrected chi connectivity index (χ3v) is 3.36. The van der Waals surface area contributed by atoms with Crippen molar-refractivity contribution in [3.63, 3.8) is 0 Å². The molecule has 3 rings (SSSR count). The summed E-state index contributed by atoms with van der Waals surface area (Å²) in [6.45, 7) is 3.06. The normalized spacial score (nSPS) is 17.4. The average Bonchev–Trinajstić information content (AvgIpc) is 2.85. The number of hydrogen-bond donors (Lipinski definition) is 2. The number of H-pyrrole nitrogens is 1. The van der Waals surface area contributed by atoms with Crippen LogP contribution < -0.4 is 10.1 Å². The Balaban J connectivity index is 1.63. The third kappa shape index (κ3) is 2.42. The minimum Gasteiger partial charge on any atom is -0.493 e. The monoisotopic (exact) mass is 231 g/mol. The summed E-state index contributed by atoms with van der Waals surface area (Å²) in [5.74, 6) is 1.63. The molecule has 2 heterocycles. The number of aromatic amines is 1. The van der Waals surface area contributed by atoms with Crippen molar-refractivity contribution in [3.8, 4) is 5.75 Å². The second kappa shape index (κ2) is 4.75. The fraction of sp³-hybridized carbons (Fsp3) is 0.462. The van der Waals surface area contributed by atoms with E-state index in [-0.39, 0.29) is 0 Å². The van der Waals surface area contributed by atoms with Gasteiger partial charge in [-0.3, -0.25) is 5.10 Å². The number of rotatable bonds is 3. The van der Waals surface area contributed by atoms with Gasteiger partial charge in [-0.2, -0.15) is 5.10 Å². The van der Waals surface area contributed by atoms with Gasteiger partial charge in [-0.15, -0.1) is 0 Å². The zero-order valence-electron chi connectivity index (χ0n) is 9.78. The Kier molecular flexibility index (Phi) is 2.96. The van der Waals surface area contributed by atoms with E-state index in [4.69, 9.17) is 4.74 Å². The highest BCUT2D eigenvalue weighted by atomic mass is 16.5. The van der Waals surface area contributed by atoms with Crippen LogP contribution in [0.1, 0.15) is 12.8 Å². The molecule has 0 saturated carbocycles. The van der Waals surface area contributed by atoms with Gasteiger partial charge >= 0.3 is 0 Å². The van der Waals surface area contributed by atoms with Gasteiger partial charge in [0, 0.05) is 5.39 Å². The van der Waals surface area contributed by atoms with Crippen LogP contribution in [-0.2, 0) is 0 Å². The number of aromatic nitrogens is 2. The summed E-state index contributed by atoms with van der Waals surface area (Å²) in [5, 5.41) is 11.4. The van der Waals surface area contributed by atoms with Gasteiger partial charge in [-0.05, 0) is 50.0 Å². The molecule has 1 fully saturated rings. The number of piperidine rings is 1. The standard InChI is InChI=1S/C13H17N3O/c1-2-13-11(8-15-16-13)7-12(1)17-9-10-3-5-14-6-4-10/h1-2,7-8,10,14H,3-6,9H2,(H,15,16). The van der Waals surface area contributed by atoms with Gasteiger partial charge in [0.1, 0.15) is 5.75 Å². The molecule has 1 aliphatic heterocycles. The van der Waals surface area contributed by atoms with Crippen molar-refractivity contribution in [2.45, 2.75) is 12.8 Å². The molecule has 2 N–H and O–H groups in total. The van der Waals surface area contributed by atoms with Crippen LogP contribution in [0.4, 0.5) is 0 Å². The lowest BCUT2D eigenvalue weighted by Crippen LogP contribution is -2.30. The number of hydrogen-bond acceptors (Lipinski definition) is 3. The largest absolute Gasteiger partial charge is 0.493 e. The van der Waals surface area contributed by atoms with Crippen LogP contribution in [0.3, 0.4) is 0 Å². The minimum atomic E-state index is 0.691. The highest BCUT2D eigenvalue weighted by molar-refractivity contribution is 5.79. The lowest BCUT2D eigenvalue weighted by atomic mass is 9.99. The van der Waals surface area contributed by atoms with Crippen LogP contribution in [0.2, 0.25) is 0 Å². The quantitative estimate of drug-likeness (QED) is 0.848. The third-order valence-electron chi connectivity index (χ3n) is 3.36. The molecule has 0 radical (unpaired) electrons. The highest BCUT2D eigenvalue weighted by Gasteiger charge is 2.13. The summed E-state index contributed by atoms with van der Waals surface area (Å²) in [6.07, 6.45) is 4.26. The number of nitrogens with zero attached hydrogens (tertiary/aromatic N) is 1. The Hall–Kier alpha value is -1.55. The Morgan fingerprint density at radius 2 is 2.18 bits per heavy atom. The first-order chi connectivity index (χ1) is 8.42. The van der Waals surface area contributed by atoms with Crippen LogP contribution in [0.25, 0.3) is 10.9 Å². The Morgan fingerprint density at radius 3 is 3.06 bits per heavy atom. The molecule has 90 valence electrons. The lowest BCUT2D eigenvalue weighted by Gasteiger charge is -2.22. The van der Waals surface area contributed by atoms with Crippen molar-refractivity contribution >= 4 is 10.9 Å². The van der Waals surface area contributed by atoms with Crippen LogP contribution in [0, 0.1) is 5.92 Å². The van der Waals surface area contributed by atoms with Gasteiger partial charge in [0.2, 0.25) is 0 Å². The molecule has 4 nitrogen and oxygen atoms in total. The van der Waals surface area contributed by atoms with Gasteiger partial charge in [-0.25, -0.2) is 0 Å². The van der Waals surface area contributed by atoms with Gasteiger partial charge < -0.3 is 10.1 Å². The summed E-state index contributed by atoms with van der Waals surface area (Å²) in [4.78, 5) is 0. The molecule has 0 aliphatic carbocycles. The van der Waals surface area contributed by atoms with Crippen molar-refractivity contribution in [2.75, 3.05) is 19.7 Å². The number of nitrogens with one attached hydrogen (secondary N) is 2. The topological polar surface area (TPSA) is 49.9 Å². The maximum atomic E-state index is 5.85. The van der Waals surface area contributed by atoms with Gasteiger partial charge in [-0.1, -0.05) is 0 Å². The van der Waals surface area contributed by atoms with Gasteiger partial charge in [0.15, 0.2) is 0 Å². The average molecular weight is 231 g/mol. The van der Waals surface area contributed by atoms with Crippen molar-refractivity contribution in [3.05, 3.63) is 24.4 Å². The van der Waals surface area contributed by atoms with E-state index in [0.717, 1.165) is 36.3 Å². The predicted molar refractivity (Wildman–Crippen MR) is 67.2 cm³/mol.